The van der Waals surface area contributed by atoms with Crippen LogP contribution in [0.5, 0.6) is 0 Å². The molecule has 1 aliphatic rings. The van der Waals surface area contributed by atoms with E-state index in [1.54, 1.807) is 36.3 Å². The molecule has 3 N–H and O–H groups in total. The van der Waals surface area contributed by atoms with Gasteiger partial charge in [0.15, 0.2) is 5.82 Å². The van der Waals surface area contributed by atoms with Crippen LogP contribution in [0.1, 0.15) is 0 Å². The zero-order valence-electron chi connectivity index (χ0n) is 16.5. The van der Waals surface area contributed by atoms with Crippen molar-refractivity contribution < 1.29 is 9.53 Å². The van der Waals surface area contributed by atoms with Crippen molar-refractivity contribution >= 4 is 29.3 Å². The molecule has 1 saturated heterocycles. The maximum absolute atomic E-state index is 11.1. The van der Waals surface area contributed by atoms with Gasteiger partial charge in [-0.15, -0.1) is 11.8 Å². The lowest BCUT2D eigenvalue weighted by molar-refractivity contribution is 0.122. The van der Waals surface area contributed by atoms with Crippen molar-refractivity contribution in [3.63, 3.8) is 0 Å². The van der Waals surface area contributed by atoms with Gasteiger partial charge in [-0.25, -0.2) is 14.8 Å². The summed E-state index contributed by atoms with van der Waals surface area (Å²) in [5, 5.41) is 2.57. The van der Waals surface area contributed by atoms with E-state index in [2.05, 4.69) is 15.2 Å². The summed E-state index contributed by atoms with van der Waals surface area (Å²) in [6.07, 6.45) is 5.57. The molecule has 0 unspecified atom stereocenters. The molecule has 0 atom stereocenters. The number of hydrogen-bond acceptors (Lipinski definition) is 7. The van der Waals surface area contributed by atoms with Crippen molar-refractivity contribution in [1.29, 1.82) is 0 Å². The Kier molecular flexibility index (Phi) is 6.10. The van der Waals surface area contributed by atoms with Gasteiger partial charge in [0.25, 0.3) is 0 Å². The van der Waals surface area contributed by atoms with Crippen molar-refractivity contribution in [1.82, 2.24) is 15.0 Å². The number of morpholine rings is 1. The second kappa shape index (κ2) is 9.10. The number of carbonyl (C=O) groups excluding carboxylic acids is 1. The molecule has 0 aliphatic carbocycles. The molecular formula is C21H22N6O2S. The average Bonchev–Trinajstić information content (AvgIpc) is 2.79. The number of amides is 2. The predicted molar refractivity (Wildman–Crippen MR) is 119 cm³/mol. The van der Waals surface area contributed by atoms with Gasteiger partial charge in [0, 0.05) is 42.3 Å². The minimum atomic E-state index is -0.599. The SMILES string of the molecule is CSc1c(-c2ccncc2)nc(-c2ccc(NC(N)=O)cc2)nc1N1CCOCC1. The number of urea groups is 1. The zero-order valence-corrected chi connectivity index (χ0v) is 17.4. The lowest BCUT2D eigenvalue weighted by atomic mass is 10.1. The maximum Gasteiger partial charge on any atom is 0.316 e. The third kappa shape index (κ3) is 4.37. The first kappa shape index (κ1) is 20.1. The Morgan fingerprint density at radius 2 is 1.77 bits per heavy atom. The highest BCUT2D eigenvalue weighted by molar-refractivity contribution is 7.98. The number of pyridine rings is 1. The summed E-state index contributed by atoms with van der Waals surface area (Å²) in [5.74, 6) is 1.52. The zero-order chi connectivity index (χ0) is 20.9. The summed E-state index contributed by atoms with van der Waals surface area (Å²) in [7, 11) is 0. The van der Waals surface area contributed by atoms with Gasteiger partial charge in [0.1, 0.15) is 5.82 Å². The molecule has 4 rings (SSSR count). The first-order valence-electron chi connectivity index (χ1n) is 9.51. The second-order valence-corrected chi connectivity index (χ2v) is 7.47. The fourth-order valence-electron chi connectivity index (χ4n) is 3.30. The van der Waals surface area contributed by atoms with Gasteiger partial charge in [-0.1, -0.05) is 0 Å². The van der Waals surface area contributed by atoms with Crippen molar-refractivity contribution in [2.75, 3.05) is 42.8 Å². The minimum absolute atomic E-state index is 0.599. The van der Waals surface area contributed by atoms with E-state index >= 15 is 0 Å². The molecule has 3 heterocycles. The molecule has 2 aromatic heterocycles. The first-order chi connectivity index (χ1) is 14.7. The fraction of sp³-hybridized carbons (Fsp3) is 0.238. The van der Waals surface area contributed by atoms with E-state index < -0.39 is 6.03 Å². The molecule has 9 heteroatoms. The number of primary amides is 1. The Morgan fingerprint density at radius 1 is 1.07 bits per heavy atom. The number of anilines is 2. The molecule has 0 bridgehead atoms. The van der Waals surface area contributed by atoms with Crippen LogP contribution >= 0.6 is 11.8 Å². The number of nitrogens with one attached hydrogen (secondary N) is 1. The highest BCUT2D eigenvalue weighted by atomic mass is 32.2. The van der Waals surface area contributed by atoms with Gasteiger partial charge < -0.3 is 20.7 Å². The number of ether oxygens (including phenoxy) is 1. The van der Waals surface area contributed by atoms with Gasteiger partial charge >= 0.3 is 6.03 Å². The van der Waals surface area contributed by atoms with Crippen LogP contribution in [0.3, 0.4) is 0 Å². The van der Waals surface area contributed by atoms with Crippen molar-refractivity contribution in [2.45, 2.75) is 4.90 Å². The number of aromatic nitrogens is 3. The van der Waals surface area contributed by atoms with Crippen LogP contribution in [0.4, 0.5) is 16.3 Å². The van der Waals surface area contributed by atoms with E-state index in [-0.39, 0.29) is 0 Å². The minimum Gasteiger partial charge on any atom is -0.378 e. The Morgan fingerprint density at radius 3 is 2.40 bits per heavy atom. The van der Waals surface area contributed by atoms with Crippen molar-refractivity contribution in [3.05, 3.63) is 48.8 Å². The summed E-state index contributed by atoms with van der Waals surface area (Å²) in [6.45, 7) is 2.90. The Bertz CT molecular complexity index is 1020. The molecule has 8 nitrogen and oxygen atoms in total. The normalized spacial score (nSPS) is 13.8. The third-order valence-electron chi connectivity index (χ3n) is 4.73. The predicted octanol–water partition coefficient (Wildman–Crippen LogP) is 3.25. The molecular weight excluding hydrogens is 400 g/mol. The first-order valence-corrected chi connectivity index (χ1v) is 10.7. The summed E-state index contributed by atoms with van der Waals surface area (Å²) >= 11 is 1.63. The molecule has 0 spiro atoms. The van der Waals surface area contributed by atoms with Gasteiger partial charge in [0.2, 0.25) is 0 Å². The van der Waals surface area contributed by atoms with Crippen LogP contribution in [0.25, 0.3) is 22.6 Å². The smallest absolute Gasteiger partial charge is 0.316 e. The third-order valence-corrected chi connectivity index (χ3v) is 5.51. The van der Waals surface area contributed by atoms with Crippen molar-refractivity contribution in [3.8, 4) is 22.6 Å². The number of nitrogens with two attached hydrogens (primary N) is 1. The summed E-state index contributed by atoms with van der Waals surface area (Å²) in [6, 6.07) is 10.6. The maximum atomic E-state index is 11.1. The van der Waals surface area contributed by atoms with Crippen LogP contribution in [-0.2, 0) is 4.74 Å². The van der Waals surface area contributed by atoms with Crippen LogP contribution in [-0.4, -0.2) is 53.5 Å². The fourth-order valence-corrected chi connectivity index (χ4v) is 4.01. The molecule has 0 radical (unpaired) electrons. The van der Waals surface area contributed by atoms with Crippen LogP contribution in [0.2, 0.25) is 0 Å². The summed E-state index contributed by atoms with van der Waals surface area (Å²) < 4.78 is 5.52. The van der Waals surface area contributed by atoms with Crippen LogP contribution < -0.4 is 16.0 Å². The van der Waals surface area contributed by atoms with Crippen LogP contribution in [0, 0.1) is 0 Å². The van der Waals surface area contributed by atoms with E-state index in [1.807, 2.05) is 30.5 Å². The van der Waals surface area contributed by atoms with E-state index in [0.717, 1.165) is 40.6 Å². The number of carbonyl (C=O) groups is 1. The van der Waals surface area contributed by atoms with E-state index in [0.29, 0.717) is 24.7 Å². The van der Waals surface area contributed by atoms with E-state index in [1.165, 1.54) is 0 Å². The Hall–Kier alpha value is -3.17. The number of nitrogens with zero attached hydrogens (tertiary/aromatic N) is 4. The Balaban J connectivity index is 1.83. The van der Waals surface area contributed by atoms with E-state index in [9.17, 15) is 4.79 Å². The number of thioether (sulfide) groups is 1. The summed E-state index contributed by atoms with van der Waals surface area (Å²) in [5.41, 5.74) is 8.52. The molecule has 3 aromatic rings. The molecule has 30 heavy (non-hydrogen) atoms. The quantitative estimate of drug-likeness (QED) is 0.608. The molecule has 2 amide bonds. The lowest BCUT2D eigenvalue weighted by Gasteiger charge is -2.30. The van der Waals surface area contributed by atoms with Gasteiger partial charge in [0.05, 0.1) is 23.8 Å². The lowest BCUT2D eigenvalue weighted by Crippen LogP contribution is -2.37. The number of hydrogen-bond donors (Lipinski definition) is 2. The highest BCUT2D eigenvalue weighted by Gasteiger charge is 2.22. The largest absolute Gasteiger partial charge is 0.378 e. The Labute approximate surface area is 178 Å². The van der Waals surface area contributed by atoms with Crippen LogP contribution in [0.15, 0.2) is 53.7 Å². The highest BCUT2D eigenvalue weighted by Crippen LogP contribution is 2.37. The molecule has 0 saturated carbocycles. The number of benzene rings is 1. The molecule has 1 aromatic carbocycles. The molecule has 1 fully saturated rings. The summed E-state index contributed by atoms with van der Waals surface area (Å²) in [4.78, 5) is 28.3. The van der Waals surface area contributed by atoms with Gasteiger partial charge in [-0.3, -0.25) is 4.98 Å². The molecule has 154 valence electrons. The topological polar surface area (TPSA) is 106 Å². The van der Waals surface area contributed by atoms with Gasteiger partial charge in [-0.2, -0.15) is 0 Å². The number of rotatable bonds is 5. The van der Waals surface area contributed by atoms with Crippen molar-refractivity contribution in [2.24, 2.45) is 5.73 Å². The average molecular weight is 423 g/mol. The second-order valence-electron chi connectivity index (χ2n) is 6.65. The van der Waals surface area contributed by atoms with E-state index in [4.69, 9.17) is 20.4 Å². The molecule has 1 aliphatic heterocycles. The van der Waals surface area contributed by atoms with Gasteiger partial charge in [-0.05, 0) is 42.7 Å². The monoisotopic (exact) mass is 422 g/mol. The standard InChI is InChI=1S/C21H22N6O2S/c1-30-18-17(14-6-8-23-9-7-14)25-19(26-20(18)27-10-12-29-13-11-27)15-2-4-16(5-3-15)24-21(22)28/h2-9H,10-13H2,1H3,(H3,22,24,28).